The minimum atomic E-state index is -0.330. The zero-order valence-corrected chi connectivity index (χ0v) is 32.2. The van der Waals surface area contributed by atoms with Crippen LogP contribution in [0, 0.1) is 11.3 Å². The molecule has 5 heteroatoms. The summed E-state index contributed by atoms with van der Waals surface area (Å²) in [4.78, 5) is 7.48. The van der Waals surface area contributed by atoms with E-state index >= 15 is 0 Å². The van der Waals surface area contributed by atoms with E-state index in [-0.39, 0.29) is 6.04 Å². The van der Waals surface area contributed by atoms with E-state index in [9.17, 15) is 5.26 Å². The second kappa shape index (κ2) is 13.9. The molecule has 0 saturated carbocycles. The largest absolute Gasteiger partial charge is 0.453 e. The third-order valence-electron chi connectivity index (χ3n) is 11.7. The number of furan rings is 1. The second-order valence-corrected chi connectivity index (χ2v) is 15.0. The summed E-state index contributed by atoms with van der Waals surface area (Å²) in [5.41, 5.74) is 13.4. The molecule has 0 amide bonds. The first kappa shape index (κ1) is 34.3. The molecule has 0 aliphatic carbocycles. The minimum Gasteiger partial charge on any atom is -0.453 e. The zero-order valence-electron chi connectivity index (χ0n) is 32.2. The van der Waals surface area contributed by atoms with Crippen LogP contribution in [-0.2, 0) is 0 Å². The topological polar surface area (TPSA) is 57.5 Å². The number of amidine groups is 1. The molecular formula is C54H36N4O. The number of aromatic nitrogens is 1. The Morgan fingerprint density at radius 3 is 1.83 bits per heavy atom. The van der Waals surface area contributed by atoms with Gasteiger partial charge in [-0.3, -0.25) is 0 Å². The average Bonchev–Trinajstić information content (AvgIpc) is 3.86. The Morgan fingerprint density at radius 2 is 1.12 bits per heavy atom. The van der Waals surface area contributed by atoms with Crippen molar-refractivity contribution in [2.45, 2.75) is 6.04 Å². The molecule has 59 heavy (non-hydrogen) atoms. The molecule has 1 aliphatic heterocycles. The number of likely N-dealkylation sites (N-methyl/N-ethyl adjacent to an activating group) is 1. The number of fused-ring (bicyclic) bond motifs is 7. The van der Waals surface area contributed by atoms with Gasteiger partial charge in [-0.15, -0.1) is 0 Å². The number of para-hydroxylation sites is 2. The van der Waals surface area contributed by atoms with E-state index in [1.165, 1.54) is 0 Å². The van der Waals surface area contributed by atoms with Gasteiger partial charge in [-0.1, -0.05) is 164 Å². The van der Waals surface area contributed by atoms with Crippen molar-refractivity contribution in [1.82, 2.24) is 9.47 Å². The van der Waals surface area contributed by atoms with Crippen molar-refractivity contribution in [1.29, 1.82) is 5.26 Å². The summed E-state index contributed by atoms with van der Waals surface area (Å²) in [6, 6.07) is 69.7. The van der Waals surface area contributed by atoms with Gasteiger partial charge in [-0.2, -0.15) is 5.26 Å². The Hall–Kier alpha value is -7.94. The molecular weight excluding hydrogens is 721 g/mol. The van der Waals surface area contributed by atoms with Crippen molar-refractivity contribution >= 4 is 55.3 Å². The van der Waals surface area contributed by atoms with Crippen molar-refractivity contribution < 1.29 is 4.42 Å². The number of hydrogen-bond donors (Lipinski definition) is 0. The Morgan fingerprint density at radius 1 is 0.525 bits per heavy atom. The van der Waals surface area contributed by atoms with Gasteiger partial charge in [0.25, 0.3) is 0 Å². The van der Waals surface area contributed by atoms with Crippen LogP contribution in [0.1, 0.15) is 22.7 Å². The van der Waals surface area contributed by atoms with Crippen molar-refractivity contribution in [3.63, 3.8) is 0 Å². The molecule has 10 aromatic rings. The second-order valence-electron chi connectivity index (χ2n) is 15.0. The van der Waals surface area contributed by atoms with E-state index in [2.05, 4.69) is 155 Å². The monoisotopic (exact) mass is 756 g/mol. The molecule has 0 radical (unpaired) electrons. The van der Waals surface area contributed by atoms with Crippen LogP contribution in [-0.4, -0.2) is 22.4 Å². The third kappa shape index (κ3) is 5.49. The minimum absolute atomic E-state index is 0.330. The molecule has 2 aromatic heterocycles. The van der Waals surface area contributed by atoms with E-state index in [1.807, 2.05) is 61.6 Å². The highest BCUT2D eigenvalue weighted by Crippen LogP contribution is 2.45. The lowest BCUT2D eigenvalue weighted by atomic mass is 9.91. The summed E-state index contributed by atoms with van der Waals surface area (Å²) >= 11 is 0. The van der Waals surface area contributed by atoms with E-state index in [0.29, 0.717) is 11.3 Å². The van der Waals surface area contributed by atoms with E-state index in [4.69, 9.17) is 9.41 Å². The Labute approximate surface area is 341 Å². The maximum atomic E-state index is 10.7. The summed E-state index contributed by atoms with van der Waals surface area (Å²) < 4.78 is 9.45. The highest BCUT2D eigenvalue weighted by atomic mass is 16.3. The van der Waals surface area contributed by atoms with Gasteiger partial charge in [0, 0.05) is 50.8 Å². The summed E-state index contributed by atoms with van der Waals surface area (Å²) in [6.07, 6.45) is 0. The van der Waals surface area contributed by atoms with E-state index in [0.717, 1.165) is 94.2 Å². The van der Waals surface area contributed by atoms with Crippen molar-refractivity contribution in [3.05, 3.63) is 216 Å². The van der Waals surface area contributed by atoms with Gasteiger partial charge in [0.05, 0.1) is 40.1 Å². The first-order valence-corrected chi connectivity index (χ1v) is 19.9. The van der Waals surface area contributed by atoms with E-state index < -0.39 is 0 Å². The van der Waals surface area contributed by atoms with Gasteiger partial charge in [0.15, 0.2) is 5.58 Å². The Kier molecular flexibility index (Phi) is 8.09. The van der Waals surface area contributed by atoms with Crippen molar-refractivity contribution in [2.24, 2.45) is 4.99 Å². The molecule has 5 nitrogen and oxygen atoms in total. The molecule has 0 spiro atoms. The summed E-state index contributed by atoms with van der Waals surface area (Å²) in [5.74, 6) is 0.788. The molecule has 1 aliphatic rings. The maximum absolute atomic E-state index is 10.7. The molecule has 0 N–H and O–H groups in total. The van der Waals surface area contributed by atoms with Gasteiger partial charge in [-0.05, 0) is 47.0 Å². The smallest absolute Gasteiger partial charge is 0.160 e. The van der Waals surface area contributed by atoms with Crippen LogP contribution in [0.15, 0.2) is 209 Å². The van der Waals surface area contributed by atoms with Crippen LogP contribution < -0.4 is 0 Å². The lowest BCUT2D eigenvalue weighted by Crippen LogP contribution is -2.36. The summed E-state index contributed by atoms with van der Waals surface area (Å²) in [6.45, 7) is 0. The predicted octanol–water partition coefficient (Wildman–Crippen LogP) is 13.4. The lowest BCUT2D eigenvalue weighted by Gasteiger charge is -2.35. The SMILES string of the molecule is CN1C(c2ccc(-n3c4ccccc4c4ccc5c6cccc(-c7ccccc7)c6oc5c43)c(-c3ccccc3)c2)=NC(c2ccccc2)=C(C#N)C1c1ccccc1. The molecule has 0 fully saturated rings. The summed E-state index contributed by atoms with van der Waals surface area (Å²) in [5, 5.41) is 15.2. The Bertz CT molecular complexity index is 3340. The molecule has 1 unspecified atom stereocenters. The van der Waals surface area contributed by atoms with Crippen LogP contribution in [0.4, 0.5) is 0 Å². The first-order chi connectivity index (χ1) is 29.2. The highest BCUT2D eigenvalue weighted by molar-refractivity contribution is 6.23. The fourth-order valence-corrected chi connectivity index (χ4v) is 9.03. The number of rotatable bonds is 6. The van der Waals surface area contributed by atoms with Crippen LogP contribution >= 0.6 is 0 Å². The molecule has 278 valence electrons. The maximum Gasteiger partial charge on any atom is 0.160 e. The van der Waals surface area contributed by atoms with Gasteiger partial charge >= 0.3 is 0 Å². The molecule has 11 rings (SSSR count). The van der Waals surface area contributed by atoms with Gasteiger partial charge < -0.3 is 13.9 Å². The van der Waals surface area contributed by atoms with Crippen LogP contribution in [0.5, 0.6) is 0 Å². The molecule has 1 atom stereocenters. The Balaban J connectivity index is 1.18. The standard InChI is InChI=1S/C54H36N4O/c1-57-50(38-23-12-5-13-24-38)46(34-55)49(37-21-10-4-11-22-37)56-54(57)39-29-32-48(45(33-39)36-19-8-3-9-20-36)58-47-28-15-14-25-41(47)42-30-31-44-43-27-16-26-40(35-17-6-2-7-18-35)52(43)59-53(44)51(42)58/h2-33,50H,1H3. The molecule has 8 aromatic carbocycles. The first-order valence-electron chi connectivity index (χ1n) is 19.9. The summed E-state index contributed by atoms with van der Waals surface area (Å²) in [7, 11) is 2.04. The molecule has 0 saturated heterocycles. The average molecular weight is 757 g/mol. The fraction of sp³-hybridized carbons (Fsp3) is 0.0370. The zero-order chi connectivity index (χ0) is 39.5. The lowest BCUT2D eigenvalue weighted by molar-refractivity contribution is 0.423. The van der Waals surface area contributed by atoms with E-state index in [1.54, 1.807) is 0 Å². The van der Waals surface area contributed by atoms with Crippen LogP contribution in [0.3, 0.4) is 0 Å². The molecule has 3 heterocycles. The van der Waals surface area contributed by atoms with Crippen LogP contribution in [0.2, 0.25) is 0 Å². The number of benzene rings is 8. The van der Waals surface area contributed by atoms with Crippen molar-refractivity contribution in [3.8, 4) is 34.0 Å². The van der Waals surface area contributed by atoms with Gasteiger partial charge in [-0.25, -0.2) is 4.99 Å². The van der Waals surface area contributed by atoms with Gasteiger partial charge in [0.1, 0.15) is 11.4 Å². The number of aliphatic imine (C=N–C) groups is 1. The number of hydrogen-bond acceptors (Lipinski definition) is 4. The predicted molar refractivity (Wildman–Crippen MR) is 241 cm³/mol. The number of nitrogens with zero attached hydrogens (tertiary/aromatic N) is 4. The fourth-order valence-electron chi connectivity index (χ4n) is 9.03. The van der Waals surface area contributed by atoms with Gasteiger partial charge in [0.2, 0.25) is 0 Å². The van der Waals surface area contributed by atoms with Crippen molar-refractivity contribution in [2.75, 3.05) is 7.05 Å². The molecule has 0 bridgehead atoms. The third-order valence-corrected chi connectivity index (χ3v) is 11.7. The van der Waals surface area contributed by atoms with Crippen LogP contribution in [0.25, 0.3) is 77.4 Å². The normalized spacial score (nSPS) is 14.3. The highest BCUT2D eigenvalue weighted by Gasteiger charge is 2.33. The number of nitriles is 1. The quantitative estimate of drug-likeness (QED) is 0.170.